The van der Waals surface area contributed by atoms with Crippen molar-refractivity contribution in [2.75, 3.05) is 12.3 Å². The number of anilines is 1. The Kier molecular flexibility index (Phi) is 4.55. The average molecular weight is 258 g/mol. The molecule has 5 heteroatoms. The lowest BCUT2D eigenvalue weighted by molar-refractivity contribution is -0.120. The second-order valence-electron chi connectivity index (χ2n) is 4.39. The third-order valence-electron chi connectivity index (χ3n) is 2.76. The van der Waals surface area contributed by atoms with Gasteiger partial charge in [-0.15, -0.1) is 0 Å². The molecule has 2 rings (SSSR count). The molecule has 0 spiro atoms. The lowest BCUT2D eigenvalue weighted by Crippen LogP contribution is -2.26. The molecule has 1 aromatic heterocycles. The molecule has 0 unspecified atom stereocenters. The maximum Gasteiger partial charge on any atom is 0.224 e. The summed E-state index contributed by atoms with van der Waals surface area (Å²) in [5.41, 5.74) is 7.29. The van der Waals surface area contributed by atoms with Crippen LogP contribution in [0.5, 0.6) is 0 Å². The molecule has 0 aliphatic heterocycles. The summed E-state index contributed by atoms with van der Waals surface area (Å²) in [5.74, 6) is 0.0195. The highest BCUT2D eigenvalue weighted by Gasteiger charge is 2.02. The maximum atomic E-state index is 11.7. The van der Waals surface area contributed by atoms with Crippen molar-refractivity contribution in [1.82, 2.24) is 15.1 Å². The van der Waals surface area contributed by atoms with Crippen LogP contribution in [0.2, 0.25) is 0 Å². The van der Waals surface area contributed by atoms with E-state index in [-0.39, 0.29) is 5.91 Å². The highest BCUT2D eigenvalue weighted by molar-refractivity contribution is 5.78. The van der Waals surface area contributed by atoms with E-state index in [2.05, 4.69) is 10.4 Å². The molecular weight excluding hydrogens is 240 g/mol. The van der Waals surface area contributed by atoms with Crippen molar-refractivity contribution < 1.29 is 4.79 Å². The van der Waals surface area contributed by atoms with Gasteiger partial charge in [-0.05, 0) is 30.2 Å². The minimum absolute atomic E-state index is 0.0195. The fourth-order valence-corrected chi connectivity index (χ4v) is 1.85. The van der Waals surface area contributed by atoms with E-state index in [1.54, 1.807) is 6.20 Å². The van der Waals surface area contributed by atoms with Crippen molar-refractivity contribution in [3.63, 3.8) is 0 Å². The second-order valence-corrected chi connectivity index (χ2v) is 4.39. The first-order valence-electron chi connectivity index (χ1n) is 6.32. The van der Waals surface area contributed by atoms with Gasteiger partial charge in [0.1, 0.15) is 0 Å². The van der Waals surface area contributed by atoms with Crippen molar-refractivity contribution in [3.05, 3.63) is 48.3 Å². The highest BCUT2D eigenvalue weighted by Crippen LogP contribution is 2.06. The molecule has 1 aromatic carbocycles. The van der Waals surface area contributed by atoms with Crippen molar-refractivity contribution >= 4 is 11.6 Å². The minimum Gasteiger partial charge on any atom is -0.399 e. The summed E-state index contributed by atoms with van der Waals surface area (Å²) in [6.45, 7) is 1.46. The quantitative estimate of drug-likeness (QED) is 0.604. The van der Waals surface area contributed by atoms with Crippen LogP contribution in [0.1, 0.15) is 12.0 Å². The summed E-state index contributed by atoms with van der Waals surface area (Å²) in [4.78, 5) is 11.7. The van der Waals surface area contributed by atoms with E-state index in [1.165, 1.54) is 0 Å². The Bertz CT molecular complexity index is 522. The zero-order chi connectivity index (χ0) is 13.5. The van der Waals surface area contributed by atoms with Gasteiger partial charge in [-0.3, -0.25) is 9.48 Å². The van der Waals surface area contributed by atoms with Gasteiger partial charge < -0.3 is 11.1 Å². The molecule has 1 heterocycles. The minimum atomic E-state index is 0.0195. The van der Waals surface area contributed by atoms with Crippen molar-refractivity contribution in [3.8, 4) is 0 Å². The van der Waals surface area contributed by atoms with Crippen LogP contribution in [0.25, 0.3) is 0 Å². The van der Waals surface area contributed by atoms with Gasteiger partial charge in [0.25, 0.3) is 0 Å². The van der Waals surface area contributed by atoms with E-state index in [9.17, 15) is 4.79 Å². The van der Waals surface area contributed by atoms with Crippen LogP contribution >= 0.6 is 0 Å². The number of carbonyl (C=O) groups excluding carboxylic acids is 1. The predicted octanol–water partition coefficient (Wildman–Crippen LogP) is 1.21. The molecular formula is C14H18N4O. The monoisotopic (exact) mass is 258 g/mol. The Morgan fingerprint density at radius 1 is 1.37 bits per heavy atom. The smallest absolute Gasteiger partial charge is 0.224 e. The fraction of sp³-hybridized carbons (Fsp3) is 0.286. The first kappa shape index (κ1) is 13.1. The van der Waals surface area contributed by atoms with E-state index in [0.717, 1.165) is 18.5 Å². The average Bonchev–Trinajstić information content (AvgIpc) is 2.88. The Balaban J connectivity index is 1.67. The highest BCUT2D eigenvalue weighted by atomic mass is 16.1. The Hall–Kier alpha value is -2.30. The van der Waals surface area contributed by atoms with Gasteiger partial charge in [-0.25, -0.2) is 0 Å². The number of aromatic nitrogens is 2. The van der Waals surface area contributed by atoms with Gasteiger partial charge in [0.2, 0.25) is 5.91 Å². The second kappa shape index (κ2) is 6.58. The maximum absolute atomic E-state index is 11.7. The molecule has 0 atom stereocenters. The predicted molar refractivity (Wildman–Crippen MR) is 74.4 cm³/mol. The van der Waals surface area contributed by atoms with Crippen LogP contribution in [0.15, 0.2) is 42.7 Å². The molecule has 2 aromatic rings. The topological polar surface area (TPSA) is 72.9 Å². The number of hydrogen-bond donors (Lipinski definition) is 2. The molecule has 0 aliphatic rings. The largest absolute Gasteiger partial charge is 0.399 e. The van der Waals surface area contributed by atoms with Crippen LogP contribution in [-0.2, 0) is 17.8 Å². The van der Waals surface area contributed by atoms with E-state index >= 15 is 0 Å². The molecule has 0 fully saturated rings. The first-order valence-corrected chi connectivity index (χ1v) is 6.32. The standard InChI is InChI=1S/C14H18N4O/c15-13-5-1-4-12(10-13)11-14(19)16-6-2-8-18-9-3-7-17-18/h1,3-5,7,9-10H,2,6,8,11,15H2,(H,16,19). The number of aryl methyl sites for hydroxylation is 1. The summed E-state index contributed by atoms with van der Waals surface area (Å²) in [6, 6.07) is 9.28. The van der Waals surface area contributed by atoms with Crippen molar-refractivity contribution in [2.45, 2.75) is 19.4 Å². The summed E-state index contributed by atoms with van der Waals surface area (Å²) >= 11 is 0. The molecule has 0 radical (unpaired) electrons. The van der Waals surface area contributed by atoms with E-state index in [0.29, 0.717) is 18.7 Å². The molecule has 5 nitrogen and oxygen atoms in total. The fourth-order valence-electron chi connectivity index (χ4n) is 1.85. The number of nitrogens with two attached hydrogens (primary N) is 1. The van der Waals surface area contributed by atoms with E-state index in [4.69, 9.17) is 5.73 Å². The van der Waals surface area contributed by atoms with Gasteiger partial charge in [-0.2, -0.15) is 5.10 Å². The summed E-state index contributed by atoms with van der Waals surface area (Å²) in [6.07, 6.45) is 4.89. The van der Waals surface area contributed by atoms with E-state index < -0.39 is 0 Å². The van der Waals surface area contributed by atoms with Crippen LogP contribution < -0.4 is 11.1 Å². The molecule has 100 valence electrons. The number of hydrogen-bond acceptors (Lipinski definition) is 3. The molecule has 0 aliphatic carbocycles. The number of amides is 1. The zero-order valence-corrected chi connectivity index (χ0v) is 10.7. The normalized spacial score (nSPS) is 10.3. The SMILES string of the molecule is Nc1cccc(CC(=O)NCCCn2cccn2)c1. The van der Waals surface area contributed by atoms with Gasteiger partial charge in [0.15, 0.2) is 0 Å². The molecule has 0 saturated heterocycles. The third-order valence-corrected chi connectivity index (χ3v) is 2.76. The first-order chi connectivity index (χ1) is 9.24. The van der Waals surface area contributed by atoms with Crippen LogP contribution in [0.3, 0.4) is 0 Å². The van der Waals surface area contributed by atoms with Gasteiger partial charge in [0.05, 0.1) is 6.42 Å². The number of rotatable bonds is 6. The van der Waals surface area contributed by atoms with Crippen molar-refractivity contribution in [2.24, 2.45) is 0 Å². The number of carbonyl (C=O) groups is 1. The van der Waals surface area contributed by atoms with Crippen molar-refractivity contribution in [1.29, 1.82) is 0 Å². The number of benzene rings is 1. The third kappa shape index (κ3) is 4.46. The summed E-state index contributed by atoms with van der Waals surface area (Å²) in [7, 11) is 0. The van der Waals surface area contributed by atoms with Crippen LogP contribution in [0.4, 0.5) is 5.69 Å². The molecule has 0 bridgehead atoms. The van der Waals surface area contributed by atoms with Gasteiger partial charge in [0, 0.05) is 31.2 Å². The zero-order valence-electron chi connectivity index (χ0n) is 10.7. The van der Waals surface area contributed by atoms with Gasteiger partial charge in [-0.1, -0.05) is 12.1 Å². The number of nitrogens with zero attached hydrogens (tertiary/aromatic N) is 2. The molecule has 1 amide bonds. The lowest BCUT2D eigenvalue weighted by atomic mass is 10.1. The molecule has 19 heavy (non-hydrogen) atoms. The van der Waals surface area contributed by atoms with E-state index in [1.807, 2.05) is 41.2 Å². The Morgan fingerprint density at radius 3 is 3.00 bits per heavy atom. The Morgan fingerprint density at radius 2 is 2.26 bits per heavy atom. The van der Waals surface area contributed by atoms with Crippen LogP contribution in [0, 0.1) is 0 Å². The number of nitrogens with one attached hydrogen (secondary N) is 1. The molecule has 3 N–H and O–H groups in total. The Labute approximate surface area is 112 Å². The lowest BCUT2D eigenvalue weighted by Gasteiger charge is -2.06. The van der Waals surface area contributed by atoms with Crippen LogP contribution in [-0.4, -0.2) is 22.2 Å². The summed E-state index contributed by atoms with van der Waals surface area (Å²) in [5, 5.41) is 6.99. The number of nitrogen functional groups attached to an aromatic ring is 1. The van der Waals surface area contributed by atoms with Gasteiger partial charge >= 0.3 is 0 Å². The molecule has 0 saturated carbocycles. The summed E-state index contributed by atoms with van der Waals surface area (Å²) < 4.78 is 1.85.